The van der Waals surface area contributed by atoms with Crippen LogP contribution in [0, 0.1) is 11.8 Å². The summed E-state index contributed by atoms with van der Waals surface area (Å²) in [5.74, 6) is 0.222. The molecule has 1 aromatic carbocycles. The zero-order valence-corrected chi connectivity index (χ0v) is 13.7. The quantitative estimate of drug-likeness (QED) is 0.691. The lowest BCUT2D eigenvalue weighted by Crippen LogP contribution is -2.38. The predicted molar refractivity (Wildman–Crippen MR) is 88.8 cm³/mol. The molecule has 2 amide bonds. The van der Waals surface area contributed by atoms with Gasteiger partial charge in [0.2, 0.25) is 11.8 Å². The summed E-state index contributed by atoms with van der Waals surface area (Å²) in [5.41, 5.74) is 0.770. The molecule has 2 aliphatic rings. The van der Waals surface area contributed by atoms with Gasteiger partial charge >= 0.3 is 0 Å². The van der Waals surface area contributed by atoms with Crippen LogP contribution in [0.3, 0.4) is 0 Å². The highest BCUT2D eigenvalue weighted by atomic mass is 16.5. The lowest BCUT2D eigenvalue weighted by atomic mass is 10.0. The van der Waals surface area contributed by atoms with E-state index in [9.17, 15) is 14.7 Å². The summed E-state index contributed by atoms with van der Waals surface area (Å²) < 4.78 is 5.11. The summed E-state index contributed by atoms with van der Waals surface area (Å²) in [5, 5.41) is 15.7. The Hall–Kier alpha value is -2.12. The number of aliphatic hydroxyl groups excluding tert-OH is 1. The molecule has 2 heterocycles. The largest absolute Gasteiger partial charge is 0.497 e. The number of methoxy groups -OCH3 is 1. The first-order chi connectivity index (χ1) is 11.6. The van der Waals surface area contributed by atoms with Crippen LogP contribution in [-0.4, -0.2) is 56.3 Å². The third-order valence-corrected chi connectivity index (χ3v) is 4.72. The van der Waals surface area contributed by atoms with E-state index in [1.54, 1.807) is 24.1 Å². The third kappa shape index (κ3) is 3.52. The summed E-state index contributed by atoms with van der Waals surface area (Å²) in [6, 6.07) is 7.23. The minimum absolute atomic E-state index is 0.0312. The molecule has 0 bridgehead atoms. The second-order valence-electron chi connectivity index (χ2n) is 6.33. The topological polar surface area (TPSA) is 90.9 Å². The number of aliphatic hydroxyl groups is 1. The Bertz CT molecular complexity index is 604. The number of ether oxygens (including phenoxy) is 1. The molecule has 2 aliphatic heterocycles. The van der Waals surface area contributed by atoms with Crippen molar-refractivity contribution in [3.05, 3.63) is 24.3 Å². The van der Waals surface area contributed by atoms with Gasteiger partial charge in [-0.2, -0.15) is 0 Å². The van der Waals surface area contributed by atoms with E-state index in [1.807, 2.05) is 12.1 Å². The first-order valence-corrected chi connectivity index (χ1v) is 8.19. The van der Waals surface area contributed by atoms with Crippen molar-refractivity contribution in [3.63, 3.8) is 0 Å². The molecule has 24 heavy (non-hydrogen) atoms. The highest BCUT2D eigenvalue weighted by Gasteiger charge is 2.35. The van der Waals surface area contributed by atoms with Crippen LogP contribution in [0.15, 0.2) is 24.3 Å². The van der Waals surface area contributed by atoms with Crippen LogP contribution >= 0.6 is 0 Å². The monoisotopic (exact) mass is 333 g/mol. The Kier molecular flexibility index (Phi) is 5.01. The van der Waals surface area contributed by atoms with Gasteiger partial charge in [0, 0.05) is 44.2 Å². The van der Waals surface area contributed by atoms with E-state index in [4.69, 9.17) is 4.74 Å². The van der Waals surface area contributed by atoms with Crippen LogP contribution in [0.25, 0.3) is 0 Å². The highest BCUT2D eigenvalue weighted by Crippen LogP contribution is 2.27. The van der Waals surface area contributed by atoms with Crippen molar-refractivity contribution in [2.45, 2.75) is 12.5 Å². The van der Waals surface area contributed by atoms with Crippen molar-refractivity contribution in [1.29, 1.82) is 0 Å². The van der Waals surface area contributed by atoms with Crippen LogP contribution in [0.5, 0.6) is 5.75 Å². The molecule has 7 heteroatoms. The summed E-state index contributed by atoms with van der Waals surface area (Å²) in [4.78, 5) is 26.2. The smallest absolute Gasteiger partial charge is 0.227 e. The fraction of sp³-hybridized carbons (Fsp3) is 0.529. The number of rotatable bonds is 5. The van der Waals surface area contributed by atoms with Crippen molar-refractivity contribution < 1.29 is 19.4 Å². The van der Waals surface area contributed by atoms with Gasteiger partial charge in [-0.15, -0.1) is 0 Å². The molecule has 2 saturated heterocycles. The molecule has 130 valence electrons. The number of amides is 2. The standard InChI is InChI=1S/C17H23N3O4/c1-24-14-4-2-13(3-5-14)20-10-11(6-16(20)22)17(23)19-8-12-7-18-9-15(12)21/h2-5,11-12,15,18,21H,6-10H2,1H3,(H,19,23). The van der Waals surface area contributed by atoms with Gasteiger partial charge in [-0.3, -0.25) is 9.59 Å². The fourth-order valence-corrected chi connectivity index (χ4v) is 3.20. The zero-order chi connectivity index (χ0) is 17.1. The van der Waals surface area contributed by atoms with Gasteiger partial charge in [0.25, 0.3) is 0 Å². The first-order valence-electron chi connectivity index (χ1n) is 8.19. The number of hydrogen-bond donors (Lipinski definition) is 3. The minimum atomic E-state index is -0.425. The molecule has 2 fully saturated rings. The summed E-state index contributed by atoms with van der Waals surface area (Å²) in [7, 11) is 1.59. The molecule has 3 N–H and O–H groups in total. The van der Waals surface area contributed by atoms with Gasteiger partial charge in [-0.25, -0.2) is 0 Å². The molecular weight excluding hydrogens is 310 g/mol. The maximum atomic E-state index is 12.3. The van der Waals surface area contributed by atoms with Gasteiger partial charge < -0.3 is 25.4 Å². The second kappa shape index (κ2) is 7.19. The maximum absolute atomic E-state index is 12.3. The van der Waals surface area contributed by atoms with Crippen molar-refractivity contribution in [2.24, 2.45) is 11.8 Å². The maximum Gasteiger partial charge on any atom is 0.227 e. The van der Waals surface area contributed by atoms with E-state index in [0.717, 1.165) is 11.4 Å². The van der Waals surface area contributed by atoms with E-state index < -0.39 is 6.10 Å². The average molecular weight is 333 g/mol. The zero-order valence-electron chi connectivity index (χ0n) is 13.7. The first kappa shape index (κ1) is 16.7. The van der Waals surface area contributed by atoms with E-state index in [0.29, 0.717) is 26.2 Å². The van der Waals surface area contributed by atoms with E-state index in [1.165, 1.54) is 0 Å². The van der Waals surface area contributed by atoms with Crippen molar-refractivity contribution in [3.8, 4) is 5.75 Å². The van der Waals surface area contributed by atoms with E-state index in [2.05, 4.69) is 10.6 Å². The summed E-state index contributed by atoms with van der Waals surface area (Å²) >= 11 is 0. The van der Waals surface area contributed by atoms with Gasteiger partial charge in [0.15, 0.2) is 0 Å². The van der Waals surface area contributed by atoms with Crippen LogP contribution in [0.1, 0.15) is 6.42 Å². The number of carbonyl (C=O) groups excluding carboxylic acids is 2. The van der Waals surface area contributed by atoms with Crippen LogP contribution in [0.4, 0.5) is 5.69 Å². The SMILES string of the molecule is COc1ccc(N2CC(C(=O)NCC3CNCC3O)CC2=O)cc1. The second-order valence-corrected chi connectivity index (χ2v) is 6.33. The normalized spacial score (nSPS) is 26.7. The molecule has 0 radical (unpaired) electrons. The van der Waals surface area contributed by atoms with Crippen LogP contribution in [-0.2, 0) is 9.59 Å². The van der Waals surface area contributed by atoms with Gasteiger partial charge in [0.05, 0.1) is 19.1 Å². The Morgan fingerprint density at radius 3 is 2.75 bits per heavy atom. The molecular formula is C17H23N3O4. The number of nitrogens with one attached hydrogen (secondary N) is 2. The predicted octanol–water partition coefficient (Wildman–Crippen LogP) is -0.255. The molecule has 7 nitrogen and oxygen atoms in total. The molecule has 1 aromatic rings. The number of hydrogen-bond acceptors (Lipinski definition) is 5. The lowest BCUT2D eigenvalue weighted by molar-refractivity contribution is -0.126. The van der Waals surface area contributed by atoms with E-state index in [-0.39, 0.29) is 30.1 Å². The van der Waals surface area contributed by atoms with E-state index >= 15 is 0 Å². The molecule has 0 spiro atoms. The average Bonchev–Trinajstić information content (AvgIpc) is 3.18. The Morgan fingerprint density at radius 1 is 1.38 bits per heavy atom. The van der Waals surface area contributed by atoms with Gasteiger partial charge in [-0.05, 0) is 24.3 Å². The van der Waals surface area contributed by atoms with Crippen LogP contribution in [0.2, 0.25) is 0 Å². The molecule has 3 atom stereocenters. The fourth-order valence-electron chi connectivity index (χ4n) is 3.20. The summed E-state index contributed by atoms with van der Waals surface area (Å²) in [6.45, 7) is 2.07. The van der Waals surface area contributed by atoms with Gasteiger partial charge in [0.1, 0.15) is 5.75 Å². The molecule has 0 aromatic heterocycles. The van der Waals surface area contributed by atoms with Crippen molar-refractivity contribution >= 4 is 17.5 Å². The highest BCUT2D eigenvalue weighted by molar-refractivity contribution is 6.00. The van der Waals surface area contributed by atoms with Crippen LogP contribution < -0.4 is 20.3 Å². The minimum Gasteiger partial charge on any atom is -0.497 e. The third-order valence-electron chi connectivity index (χ3n) is 4.72. The number of nitrogens with zero attached hydrogens (tertiary/aromatic N) is 1. The molecule has 3 unspecified atom stereocenters. The Balaban J connectivity index is 1.56. The number of carbonyl (C=O) groups is 2. The Labute approximate surface area is 141 Å². The number of anilines is 1. The van der Waals surface area contributed by atoms with Gasteiger partial charge in [-0.1, -0.05) is 0 Å². The van der Waals surface area contributed by atoms with Crippen molar-refractivity contribution in [1.82, 2.24) is 10.6 Å². The molecule has 0 aliphatic carbocycles. The number of β-amino-alcohol motifs (C(OH)–C–C–N with tert-alkyl or cyclic N) is 1. The lowest BCUT2D eigenvalue weighted by Gasteiger charge is -2.18. The Morgan fingerprint density at radius 2 is 2.12 bits per heavy atom. The molecule has 0 saturated carbocycles. The van der Waals surface area contributed by atoms with Crippen molar-refractivity contribution in [2.75, 3.05) is 38.2 Å². The summed E-state index contributed by atoms with van der Waals surface area (Å²) in [6.07, 6.45) is -0.213. The number of benzene rings is 1. The molecule has 3 rings (SSSR count).